The van der Waals surface area contributed by atoms with Gasteiger partial charge in [-0.1, -0.05) is 59.0 Å². The van der Waals surface area contributed by atoms with Crippen LogP contribution in [-0.2, 0) is 26.1 Å². The molecule has 0 atom stereocenters. The van der Waals surface area contributed by atoms with Crippen molar-refractivity contribution < 1.29 is 22.4 Å². The normalized spacial score (nSPS) is 14.3. The second-order valence-corrected chi connectivity index (χ2v) is 10.1. The Bertz CT molecular complexity index is 1200. The second-order valence-electron chi connectivity index (χ2n) is 6.89. The summed E-state index contributed by atoms with van der Waals surface area (Å²) >= 11 is 0.680. The first kappa shape index (κ1) is 21.1. The van der Waals surface area contributed by atoms with E-state index in [-0.39, 0.29) is 27.6 Å². The van der Waals surface area contributed by atoms with E-state index in [2.05, 4.69) is 15.5 Å². The third-order valence-electron chi connectivity index (χ3n) is 4.56. The van der Waals surface area contributed by atoms with Crippen molar-refractivity contribution >= 4 is 37.9 Å². The molecule has 160 valence electrons. The number of rotatable bonds is 8. The summed E-state index contributed by atoms with van der Waals surface area (Å²) < 4.78 is 38.0. The number of hydrogen-bond donors (Lipinski definition) is 1. The van der Waals surface area contributed by atoms with Gasteiger partial charge in [-0.05, 0) is 30.5 Å². The maximum atomic E-state index is 13.2. The van der Waals surface area contributed by atoms with Crippen LogP contribution in [0.4, 0.5) is 9.52 Å². The van der Waals surface area contributed by atoms with E-state index in [1.807, 2.05) is 30.3 Å². The Labute approximate surface area is 182 Å². The van der Waals surface area contributed by atoms with E-state index in [1.54, 1.807) is 0 Å². The number of nitrogens with zero attached hydrogens (tertiary/aromatic N) is 2. The Morgan fingerprint density at radius 3 is 2.48 bits per heavy atom. The number of aromatic nitrogens is 1. The maximum Gasteiger partial charge on any atom is 0.280 e. The Kier molecular flexibility index (Phi) is 6.10. The summed E-state index contributed by atoms with van der Waals surface area (Å²) in [4.78, 5) is 22.1. The predicted octanol–water partition coefficient (Wildman–Crippen LogP) is 3.78. The number of oxime groups is 1. The summed E-state index contributed by atoms with van der Waals surface area (Å²) in [6.07, 6.45) is 2.33. The summed E-state index contributed by atoms with van der Waals surface area (Å²) in [5.41, 5.74) is 1.14. The van der Waals surface area contributed by atoms with E-state index >= 15 is 0 Å². The fraction of sp³-hybridized carbons (Fsp3) is 0.190. The number of carbonyl (C=O) groups is 1. The summed E-state index contributed by atoms with van der Waals surface area (Å²) in [6, 6.07) is 15.2. The zero-order valence-electron chi connectivity index (χ0n) is 16.2. The van der Waals surface area contributed by atoms with Crippen LogP contribution in [0.25, 0.3) is 0 Å². The van der Waals surface area contributed by atoms with Gasteiger partial charge in [0.2, 0.25) is 0 Å². The molecule has 2 aromatic carbocycles. The molecule has 7 nitrogen and oxygen atoms in total. The van der Waals surface area contributed by atoms with Crippen LogP contribution in [0.1, 0.15) is 24.0 Å². The molecule has 10 heteroatoms. The molecule has 0 bridgehead atoms. The number of benzene rings is 2. The fourth-order valence-electron chi connectivity index (χ4n) is 2.81. The Morgan fingerprint density at radius 1 is 1.16 bits per heavy atom. The van der Waals surface area contributed by atoms with Crippen molar-refractivity contribution in [2.24, 2.45) is 5.16 Å². The number of amides is 1. The van der Waals surface area contributed by atoms with E-state index < -0.39 is 20.9 Å². The van der Waals surface area contributed by atoms with E-state index in [0.717, 1.165) is 11.8 Å². The molecule has 0 radical (unpaired) electrons. The van der Waals surface area contributed by atoms with Gasteiger partial charge < -0.3 is 4.84 Å². The molecule has 4 rings (SSSR count). The molecule has 1 aliphatic rings. The summed E-state index contributed by atoms with van der Waals surface area (Å²) in [5.74, 6) is -0.653. The van der Waals surface area contributed by atoms with Gasteiger partial charge in [-0.3, -0.25) is 10.1 Å². The molecule has 0 spiro atoms. The fourth-order valence-corrected chi connectivity index (χ4v) is 5.01. The average molecular weight is 460 g/mol. The number of halogens is 1. The minimum absolute atomic E-state index is 0.0752. The topological polar surface area (TPSA) is 97.7 Å². The van der Waals surface area contributed by atoms with Crippen LogP contribution >= 0.6 is 11.3 Å². The minimum atomic E-state index is -3.35. The van der Waals surface area contributed by atoms with Crippen molar-refractivity contribution in [3.05, 3.63) is 77.1 Å². The van der Waals surface area contributed by atoms with Crippen molar-refractivity contribution in [3.63, 3.8) is 0 Å². The monoisotopic (exact) mass is 459 g/mol. The Balaban J connectivity index is 1.57. The van der Waals surface area contributed by atoms with Crippen molar-refractivity contribution in [2.75, 3.05) is 5.32 Å². The molecule has 0 saturated heterocycles. The molecule has 31 heavy (non-hydrogen) atoms. The van der Waals surface area contributed by atoms with Crippen molar-refractivity contribution in [2.45, 2.75) is 29.6 Å². The van der Waals surface area contributed by atoms with Crippen LogP contribution in [0, 0.1) is 5.13 Å². The first-order valence-electron chi connectivity index (χ1n) is 9.44. The molecule has 1 aliphatic carbocycles. The van der Waals surface area contributed by atoms with E-state index in [1.165, 1.54) is 24.3 Å². The molecule has 0 unspecified atom stereocenters. The van der Waals surface area contributed by atoms with Gasteiger partial charge in [0.1, 0.15) is 6.61 Å². The summed E-state index contributed by atoms with van der Waals surface area (Å²) in [5, 5.41) is 5.66. The van der Waals surface area contributed by atoms with Crippen LogP contribution < -0.4 is 5.32 Å². The molecule has 1 fully saturated rings. The van der Waals surface area contributed by atoms with Crippen LogP contribution in [0.2, 0.25) is 0 Å². The third-order valence-corrected chi connectivity index (χ3v) is 7.54. The van der Waals surface area contributed by atoms with Gasteiger partial charge >= 0.3 is 0 Å². The van der Waals surface area contributed by atoms with Crippen LogP contribution in [0.15, 0.2) is 70.8 Å². The lowest BCUT2D eigenvalue weighted by molar-refractivity contribution is -0.110. The number of hydrogen-bond acceptors (Lipinski definition) is 7. The van der Waals surface area contributed by atoms with Gasteiger partial charge in [0.25, 0.3) is 5.91 Å². The van der Waals surface area contributed by atoms with E-state index in [0.29, 0.717) is 29.7 Å². The smallest absolute Gasteiger partial charge is 0.280 e. The Morgan fingerprint density at radius 2 is 1.87 bits per heavy atom. The number of sulfone groups is 1. The van der Waals surface area contributed by atoms with Gasteiger partial charge in [0.15, 0.2) is 25.8 Å². The van der Waals surface area contributed by atoms with Crippen LogP contribution in [-0.4, -0.2) is 30.3 Å². The molecule has 1 amide bonds. The summed E-state index contributed by atoms with van der Waals surface area (Å²) in [7, 11) is -3.35. The van der Waals surface area contributed by atoms with Gasteiger partial charge in [0.05, 0.1) is 16.3 Å². The van der Waals surface area contributed by atoms with Crippen LogP contribution in [0.3, 0.4) is 0 Å². The lowest BCUT2D eigenvalue weighted by Crippen LogP contribution is -2.24. The number of nitrogens with one attached hydrogen (secondary N) is 1. The van der Waals surface area contributed by atoms with Gasteiger partial charge in [0, 0.05) is 5.56 Å². The van der Waals surface area contributed by atoms with Gasteiger partial charge in [-0.25, -0.2) is 13.4 Å². The standard InChI is InChI=1S/C21H18FN3O4S2/c22-18-12-23-21(30-18)24-20(26)19(25-29-13-14-4-2-1-3-5-14)15-6-8-16(9-7-15)31(27,28)17-10-11-17/h1-9,12,17H,10-11,13H2,(H,23,24,26)/b25-19+. The Hall–Kier alpha value is -3.11. The molecule has 1 saturated carbocycles. The zero-order chi connectivity index (χ0) is 21.8. The van der Waals surface area contributed by atoms with Gasteiger partial charge in [-0.15, -0.1) is 0 Å². The predicted molar refractivity (Wildman–Crippen MR) is 115 cm³/mol. The van der Waals surface area contributed by atoms with Gasteiger partial charge in [-0.2, -0.15) is 4.39 Å². The molecule has 1 aromatic heterocycles. The van der Waals surface area contributed by atoms with Crippen molar-refractivity contribution in [3.8, 4) is 0 Å². The average Bonchev–Trinajstić information content (AvgIpc) is 3.56. The second kappa shape index (κ2) is 8.94. The molecule has 3 aromatic rings. The first-order chi connectivity index (χ1) is 14.9. The lowest BCUT2D eigenvalue weighted by Gasteiger charge is -2.08. The number of thiazole rings is 1. The largest absolute Gasteiger partial charge is 0.390 e. The third kappa shape index (κ3) is 5.15. The minimum Gasteiger partial charge on any atom is -0.390 e. The highest BCUT2D eigenvalue weighted by Gasteiger charge is 2.36. The summed E-state index contributed by atoms with van der Waals surface area (Å²) in [6.45, 7) is 0.137. The maximum absolute atomic E-state index is 13.2. The van der Waals surface area contributed by atoms with E-state index in [9.17, 15) is 17.6 Å². The van der Waals surface area contributed by atoms with Crippen molar-refractivity contribution in [1.82, 2.24) is 4.98 Å². The molecule has 1 heterocycles. The highest BCUT2D eigenvalue weighted by molar-refractivity contribution is 7.92. The quantitative estimate of drug-likeness (QED) is 0.408. The number of carbonyl (C=O) groups excluding carboxylic acids is 1. The molecular formula is C21H18FN3O4S2. The van der Waals surface area contributed by atoms with Crippen molar-refractivity contribution in [1.29, 1.82) is 0 Å². The SMILES string of the molecule is O=C(Nc1ncc(F)s1)/C(=N/OCc1ccccc1)c1ccc(S(=O)(=O)C2CC2)cc1. The zero-order valence-corrected chi connectivity index (χ0v) is 17.8. The lowest BCUT2D eigenvalue weighted by atomic mass is 10.1. The highest BCUT2D eigenvalue weighted by atomic mass is 32.2. The first-order valence-corrected chi connectivity index (χ1v) is 11.8. The molecule has 0 aliphatic heterocycles. The highest BCUT2D eigenvalue weighted by Crippen LogP contribution is 2.33. The number of anilines is 1. The van der Waals surface area contributed by atoms with E-state index in [4.69, 9.17) is 4.84 Å². The van der Waals surface area contributed by atoms with Crippen LogP contribution in [0.5, 0.6) is 0 Å². The molecule has 1 N–H and O–H groups in total. The molecular weight excluding hydrogens is 441 g/mol.